The molecule has 0 aliphatic rings. The van der Waals surface area contributed by atoms with Crippen LogP contribution in [0.2, 0.25) is 5.02 Å². The molecule has 0 saturated carbocycles. The maximum Gasteiger partial charge on any atom is 0.269 e. The number of thiocarbonyl (C=S) groups is 1. The Bertz CT molecular complexity index is 570. The zero-order valence-electron chi connectivity index (χ0n) is 9.50. The molecule has 0 spiro atoms. The highest BCUT2D eigenvalue weighted by Gasteiger charge is 2.05. The molecule has 0 unspecified atom stereocenters. The van der Waals surface area contributed by atoms with Gasteiger partial charge in [0.1, 0.15) is 12.7 Å². The van der Waals surface area contributed by atoms with E-state index in [1.54, 1.807) is 24.3 Å². The van der Waals surface area contributed by atoms with E-state index in [1.165, 1.54) is 17.3 Å². The van der Waals surface area contributed by atoms with Crippen molar-refractivity contribution in [3.63, 3.8) is 0 Å². The Hall–Kier alpha value is -2.19. The first kappa shape index (κ1) is 13.2. The third-order valence-corrected chi connectivity index (χ3v) is 2.49. The summed E-state index contributed by atoms with van der Waals surface area (Å²) in [6.45, 7) is 0. The molecule has 1 amide bonds. The zero-order valence-corrected chi connectivity index (χ0v) is 11.1. The molecule has 9 heteroatoms. The molecule has 0 saturated heterocycles. The lowest BCUT2D eigenvalue weighted by Crippen LogP contribution is -2.45. The third-order valence-electron chi connectivity index (χ3n) is 2.05. The Kier molecular flexibility index (Phi) is 4.26. The number of nitrogens with one attached hydrogen (secondary N) is 3. The van der Waals surface area contributed by atoms with Crippen molar-refractivity contribution in [2.24, 2.45) is 0 Å². The number of halogens is 1. The van der Waals surface area contributed by atoms with Gasteiger partial charge in [0.05, 0.1) is 0 Å². The third kappa shape index (κ3) is 3.90. The average molecular weight is 297 g/mol. The van der Waals surface area contributed by atoms with E-state index < -0.39 is 0 Å². The van der Waals surface area contributed by atoms with Gasteiger partial charge in [-0.2, -0.15) is 0 Å². The number of carbonyl (C=O) groups is 1. The molecule has 2 aromatic rings. The van der Waals surface area contributed by atoms with Gasteiger partial charge in [0.25, 0.3) is 5.91 Å². The van der Waals surface area contributed by atoms with Crippen molar-refractivity contribution in [2.75, 3.05) is 5.43 Å². The average Bonchev–Trinajstić information content (AvgIpc) is 2.89. The molecule has 98 valence electrons. The van der Waals surface area contributed by atoms with E-state index in [0.717, 1.165) is 0 Å². The van der Waals surface area contributed by atoms with Crippen LogP contribution >= 0.6 is 23.8 Å². The molecular formula is C10H9ClN6OS. The van der Waals surface area contributed by atoms with Gasteiger partial charge in [0, 0.05) is 10.6 Å². The summed E-state index contributed by atoms with van der Waals surface area (Å²) in [5.41, 5.74) is 8.16. The SMILES string of the molecule is O=C(NNC(=S)Nn1cnnc1)c1ccc(Cl)cc1. The fourth-order valence-corrected chi connectivity index (χ4v) is 1.47. The van der Waals surface area contributed by atoms with Gasteiger partial charge >= 0.3 is 0 Å². The molecule has 1 aromatic heterocycles. The number of benzene rings is 1. The van der Waals surface area contributed by atoms with Crippen LogP contribution in [-0.2, 0) is 0 Å². The number of carbonyl (C=O) groups excluding carboxylic acids is 1. The molecule has 0 radical (unpaired) electrons. The van der Waals surface area contributed by atoms with Crippen LogP contribution in [0.4, 0.5) is 0 Å². The molecule has 0 aliphatic carbocycles. The molecule has 0 atom stereocenters. The second-order valence-electron chi connectivity index (χ2n) is 3.40. The van der Waals surface area contributed by atoms with Crippen molar-refractivity contribution in [2.45, 2.75) is 0 Å². The standard InChI is InChI=1S/C10H9ClN6OS/c11-8-3-1-7(2-4-8)9(18)14-15-10(19)16-17-5-12-13-6-17/h1-6H,(H,14,18)(H2,15,16,19). The molecule has 0 aliphatic heterocycles. The van der Waals surface area contributed by atoms with Gasteiger partial charge in [0.15, 0.2) is 0 Å². The minimum Gasteiger partial charge on any atom is -0.273 e. The Morgan fingerprint density at radius 3 is 2.42 bits per heavy atom. The first-order chi connectivity index (χ1) is 9.15. The monoisotopic (exact) mass is 296 g/mol. The molecule has 1 heterocycles. The second kappa shape index (κ2) is 6.12. The van der Waals surface area contributed by atoms with Gasteiger partial charge in [-0.15, -0.1) is 10.2 Å². The predicted molar refractivity (Wildman–Crippen MR) is 74.0 cm³/mol. The maximum absolute atomic E-state index is 11.7. The maximum atomic E-state index is 11.7. The molecule has 2 rings (SSSR count). The van der Waals surface area contributed by atoms with Crippen molar-refractivity contribution >= 4 is 34.8 Å². The number of aromatic nitrogens is 3. The quantitative estimate of drug-likeness (QED) is 0.559. The molecule has 1 aromatic carbocycles. The topological polar surface area (TPSA) is 83.9 Å². The van der Waals surface area contributed by atoms with Gasteiger partial charge in [-0.3, -0.25) is 21.1 Å². The summed E-state index contributed by atoms with van der Waals surface area (Å²) in [6.07, 6.45) is 2.85. The first-order valence-corrected chi connectivity index (χ1v) is 5.91. The van der Waals surface area contributed by atoms with E-state index in [2.05, 4.69) is 26.5 Å². The highest BCUT2D eigenvalue weighted by atomic mass is 35.5. The molecule has 0 fully saturated rings. The molecule has 19 heavy (non-hydrogen) atoms. The lowest BCUT2D eigenvalue weighted by Gasteiger charge is -2.11. The normalized spacial score (nSPS) is 9.74. The Balaban J connectivity index is 1.83. The fraction of sp³-hybridized carbons (Fsp3) is 0. The Morgan fingerprint density at radius 1 is 1.16 bits per heavy atom. The molecule has 7 nitrogen and oxygen atoms in total. The van der Waals surface area contributed by atoms with Crippen LogP contribution in [0.5, 0.6) is 0 Å². The van der Waals surface area contributed by atoms with E-state index in [9.17, 15) is 4.79 Å². The minimum atomic E-state index is -0.329. The number of rotatable bonds is 2. The van der Waals surface area contributed by atoms with Crippen LogP contribution in [0.25, 0.3) is 0 Å². The summed E-state index contributed by atoms with van der Waals surface area (Å²) in [6, 6.07) is 6.47. The zero-order chi connectivity index (χ0) is 13.7. The van der Waals surface area contributed by atoms with E-state index >= 15 is 0 Å². The van der Waals surface area contributed by atoms with E-state index in [4.69, 9.17) is 23.8 Å². The summed E-state index contributed by atoms with van der Waals surface area (Å²) in [5.74, 6) is -0.329. The van der Waals surface area contributed by atoms with Crippen LogP contribution < -0.4 is 16.3 Å². The van der Waals surface area contributed by atoms with Crippen LogP contribution in [-0.4, -0.2) is 25.9 Å². The fourth-order valence-electron chi connectivity index (χ4n) is 1.19. The Labute approximate surface area is 118 Å². The molecular weight excluding hydrogens is 288 g/mol. The number of amides is 1. The highest BCUT2D eigenvalue weighted by Crippen LogP contribution is 2.08. The van der Waals surface area contributed by atoms with Gasteiger partial charge < -0.3 is 0 Å². The minimum absolute atomic E-state index is 0.196. The van der Waals surface area contributed by atoms with Crippen molar-refractivity contribution in [3.8, 4) is 0 Å². The first-order valence-electron chi connectivity index (χ1n) is 5.13. The van der Waals surface area contributed by atoms with E-state index in [0.29, 0.717) is 10.6 Å². The number of hydrogen-bond acceptors (Lipinski definition) is 4. The highest BCUT2D eigenvalue weighted by molar-refractivity contribution is 7.80. The lowest BCUT2D eigenvalue weighted by atomic mass is 10.2. The molecule has 0 bridgehead atoms. The van der Waals surface area contributed by atoms with Crippen molar-refractivity contribution < 1.29 is 4.79 Å². The lowest BCUT2D eigenvalue weighted by molar-refractivity contribution is 0.0944. The summed E-state index contributed by atoms with van der Waals surface area (Å²) in [7, 11) is 0. The van der Waals surface area contributed by atoms with Gasteiger partial charge in [-0.25, -0.2) is 4.68 Å². The van der Waals surface area contributed by atoms with Crippen molar-refractivity contribution in [1.29, 1.82) is 0 Å². The summed E-state index contributed by atoms with van der Waals surface area (Å²) >= 11 is 10.7. The smallest absolute Gasteiger partial charge is 0.269 e. The van der Waals surface area contributed by atoms with Crippen molar-refractivity contribution in [1.82, 2.24) is 25.7 Å². The van der Waals surface area contributed by atoms with Crippen LogP contribution in [0.15, 0.2) is 36.9 Å². The number of nitrogens with zero attached hydrogens (tertiary/aromatic N) is 3. The van der Waals surface area contributed by atoms with Gasteiger partial charge in [0.2, 0.25) is 5.11 Å². The van der Waals surface area contributed by atoms with Gasteiger partial charge in [-0.1, -0.05) is 11.6 Å². The summed E-state index contributed by atoms with van der Waals surface area (Å²) in [4.78, 5) is 11.7. The molecule has 3 N–H and O–H groups in total. The van der Waals surface area contributed by atoms with Crippen LogP contribution in [0, 0.1) is 0 Å². The number of hydrazine groups is 1. The largest absolute Gasteiger partial charge is 0.273 e. The van der Waals surface area contributed by atoms with E-state index in [-0.39, 0.29) is 11.0 Å². The van der Waals surface area contributed by atoms with Gasteiger partial charge in [-0.05, 0) is 36.5 Å². The number of hydrogen-bond donors (Lipinski definition) is 3. The second-order valence-corrected chi connectivity index (χ2v) is 4.24. The predicted octanol–water partition coefficient (Wildman–Crippen LogP) is 0.694. The summed E-state index contributed by atoms with van der Waals surface area (Å²) < 4.78 is 1.43. The van der Waals surface area contributed by atoms with E-state index in [1.807, 2.05) is 0 Å². The Morgan fingerprint density at radius 2 is 1.79 bits per heavy atom. The van der Waals surface area contributed by atoms with Crippen LogP contribution in [0.3, 0.4) is 0 Å². The van der Waals surface area contributed by atoms with Crippen LogP contribution in [0.1, 0.15) is 10.4 Å². The summed E-state index contributed by atoms with van der Waals surface area (Å²) in [5, 5.41) is 7.94. The van der Waals surface area contributed by atoms with Crippen molar-refractivity contribution in [3.05, 3.63) is 47.5 Å².